The smallest absolute Gasteiger partial charge is 0.0540 e. The molecule has 0 amide bonds. The number of benzene rings is 9. The van der Waals surface area contributed by atoms with Gasteiger partial charge in [0.05, 0.1) is 5.69 Å². The van der Waals surface area contributed by atoms with Gasteiger partial charge in [0, 0.05) is 27.8 Å². The van der Waals surface area contributed by atoms with Crippen LogP contribution in [0.1, 0.15) is 61.8 Å². The van der Waals surface area contributed by atoms with Crippen molar-refractivity contribution in [1.82, 2.24) is 0 Å². The summed E-state index contributed by atoms with van der Waals surface area (Å²) in [5.74, 6) is 1.52. The molecule has 292 valence electrons. The molecule has 61 heavy (non-hydrogen) atoms. The highest BCUT2D eigenvalue weighted by molar-refractivity contribution is 6.08. The minimum atomic E-state index is -0.137. The average Bonchev–Trinajstić information content (AvgIpc) is 4.06. The zero-order valence-electron chi connectivity index (χ0n) is 34.8. The summed E-state index contributed by atoms with van der Waals surface area (Å²) in [6.07, 6.45) is 5.34. The van der Waals surface area contributed by atoms with Gasteiger partial charge in [0.15, 0.2) is 0 Å². The molecule has 2 saturated carbocycles. The van der Waals surface area contributed by atoms with Gasteiger partial charge in [-0.3, -0.25) is 0 Å². The van der Waals surface area contributed by atoms with Crippen molar-refractivity contribution in [3.63, 3.8) is 0 Å². The molecule has 0 saturated heterocycles. The lowest BCUT2D eigenvalue weighted by Crippen LogP contribution is -2.32. The molecule has 9 aromatic rings. The Morgan fingerprint density at radius 3 is 1.87 bits per heavy atom. The van der Waals surface area contributed by atoms with Crippen LogP contribution in [0.15, 0.2) is 188 Å². The third-order valence-electron chi connectivity index (χ3n) is 15.5. The summed E-state index contributed by atoms with van der Waals surface area (Å²) >= 11 is 0. The number of para-hydroxylation sites is 1. The number of hydrogen-bond acceptors (Lipinski definition) is 1. The molecular formula is C60H47N. The molecule has 0 heterocycles. The third kappa shape index (κ3) is 4.95. The number of anilines is 3. The van der Waals surface area contributed by atoms with Gasteiger partial charge in [-0.1, -0.05) is 172 Å². The Morgan fingerprint density at radius 1 is 0.443 bits per heavy atom. The fourth-order valence-electron chi connectivity index (χ4n) is 12.9. The van der Waals surface area contributed by atoms with E-state index >= 15 is 0 Å². The van der Waals surface area contributed by atoms with Crippen LogP contribution in [-0.2, 0) is 10.8 Å². The molecule has 1 nitrogen and oxygen atoms in total. The van der Waals surface area contributed by atoms with E-state index in [0.29, 0.717) is 5.92 Å². The highest BCUT2D eigenvalue weighted by Gasteiger charge is 2.56. The van der Waals surface area contributed by atoms with E-state index in [1.807, 2.05) is 0 Å². The van der Waals surface area contributed by atoms with Gasteiger partial charge in [0.2, 0.25) is 0 Å². The Labute approximate surface area is 359 Å². The maximum absolute atomic E-state index is 2.60. The van der Waals surface area contributed by atoms with Gasteiger partial charge in [-0.05, 0) is 150 Å². The molecule has 0 aromatic heterocycles. The van der Waals surface area contributed by atoms with E-state index in [2.05, 4.69) is 207 Å². The van der Waals surface area contributed by atoms with E-state index in [1.54, 1.807) is 11.1 Å². The zero-order valence-corrected chi connectivity index (χ0v) is 34.8. The van der Waals surface area contributed by atoms with Gasteiger partial charge in [0.25, 0.3) is 0 Å². The molecule has 0 N–H and O–H groups in total. The Kier molecular flexibility index (Phi) is 7.42. The molecule has 1 spiro atoms. The Hall–Kier alpha value is -6.70. The number of hydrogen-bond donors (Lipinski definition) is 0. The van der Waals surface area contributed by atoms with Crippen LogP contribution in [0.25, 0.3) is 66.1 Å². The summed E-state index contributed by atoms with van der Waals surface area (Å²) in [6.45, 7) is 4.81. The summed E-state index contributed by atoms with van der Waals surface area (Å²) in [4.78, 5) is 2.56. The molecule has 1 heteroatoms. The Morgan fingerprint density at radius 2 is 1.07 bits per heavy atom. The van der Waals surface area contributed by atoms with Gasteiger partial charge < -0.3 is 4.90 Å². The largest absolute Gasteiger partial charge is 0.310 e. The van der Waals surface area contributed by atoms with Gasteiger partial charge >= 0.3 is 0 Å². The van der Waals surface area contributed by atoms with Gasteiger partial charge in [-0.15, -0.1) is 0 Å². The second-order valence-electron chi connectivity index (χ2n) is 18.8. The summed E-state index contributed by atoms with van der Waals surface area (Å²) in [5, 5.41) is 5.15. The van der Waals surface area contributed by atoms with E-state index in [-0.39, 0.29) is 10.8 Å². The maximum Gasteiger partial charge on any atom is 0.0540 e. The van der Waals surface area contributed by atoms with Crippen LogP contribution in [0.3, 0.4) is 0 Å². The molecular weight excluding hydrogens is 735 g/mol. The van der Waals surface area contributed by atoms with Gasteiger partial charge in [-0.2, -0.15) is 0 Å². The Balaban J connectivity index is 0.993. The van der Waals surface area contributed by atoms with E-state index in [9.17, 15) is 0 Å². The standard InChI is InChI=1S/C60H47N/c1-59(2)54-19-8-5-15-49(54)52-17-11-18-53(58(52)59)51-16-7-10-21-57(51)61(44-29-25-39(26-30-44)41-27-32-47-42(35-41)24-23-40-12-3-4-13-46(40)47)45-31-33-50-48-14-6-9-20-55(48)60(56(50)36-45)37-38-22-28-43(60)34-38/h3-21,23-27,29-33,35-36,38,43H,22,28,34,37H2,1-2H3. The molecule has 3 atom stereocenters. The predicted octanol–water partition coefficient (Wildman–Crippen LogP) is 16.2. The van der Waals surface area contributed by atoms with Crippen LogP contribution in [-0.4, -0.2) is 0 Å². The van der Waals surface area contributed by atoms with Gasteiger partial charge in [0.1, 0.15) is 0 Å². The first kappa shape index (κ1) is 35.1. The predicted molar refractivity (Wildman–Crippen MR) is 256 cm³/mol. The molecule has 2 fully saturated rings. The monoisotopic (exact) mass is 781 g/mol. The highest BCUT2D eigenvalue weighted by Crippen LogP contribution is 2.66. The second kappa shape index (κ2) is 12.9. The van der Waals surface area contributed by atoms with Crippen molar-refractivity contribution in [2.45, 2.75) is 50.4 Å². The SMILES string of the molecule is CC1(C)c2ccccc2-c2cccc(-c3ccccc3N(c3ccc(-c4ccc5c(ccc6ccccc65)c4)cc3)c3ccc4c(c3)C3(CC5CCC3C5)c3ccccc3-4)c21. The van der Waals surface area contributed by atoms with E-state index < -0.39 is 0 Å². The highest BCUT2D eigenvalue weighted by atomic mass is 15.1. The van der Waals surface area contributed by atoms with Crippen LogP contribution < -0.4 is 4.90 Å². The van der Waals surface area contributed by atoms with Crippen molar-refractivity contribution in [3.05, 3.63) is 210 Å². The second-order valence-corrected chi connectivity index (χ2v) is 18.8. The first-order valence-electron chi connectivity index (χ1n) is 22.4. The fourth-order valence-corrected chi connectivity index (χ4v) is 12.9. The van der Waals surface area contributed by atoms with Crippen LogP contribution in [0.2, 0.25) is 0 Å². The minimum absolute atomic E-state index is 0.0946. The van der Waals surface area contributed by atoms with Crippen molar-refractivity contribution in [2.75, 3.05) is 4.90 Å². The molecule has 9 aromatic carbocycles. The summed E-state index contributed by atoms with van der Waals surface area (Å²) < 4.78 is 0. The molecule has 0 radical (unpaired) electrons. The maximum atomic E-state index is 2.60. The van der Waals surface area contributed by atoms with E-state index in [1.165, 1.54) is 114 Å². The quantitative estimate of drug-likeness (QED) is 0.157. The lowest BCUT2D eigenvalue weighted by Gasteiger charge is -2.37. The number of fused-ring (bicyclic) bond motifs is 14. The zero-order chi connectivity index (χ0) is 40.5. The van der Waals surface area contributed by atoms with Crippen LogP contribution in [0.5, 0.6) is 0 Å². The molecule has 3 unspecified atom stereocenters. The summed E-state index contributed by atoms with van der Waals surface area (Å²) in [6, 6.07) is 71.4. The molecule has 2 bridgehead atoms. The summed E-state index contributed by atoms with van der Waals surface area (Å²) in [7, 11) is 0. The van der Waals surface area contributed by atoms with E-state index in [0.717, 1.165) is 11.6 Å². The molecule has 13 rings (SSSR count). The average molecular weight is 782 g/mol. The minimum Gasteiger partial charge on any atom is -0.310 e. The van der Waals surface area contributed by atoms with Crippen LogP contribution in [0.4, 0.5) is 17.1 Å². The lowest BCUT2D eigenvalue weighted by molar-refractivity contribution is 0.327. The number of rotatable bonds is 5. The van der Waals surface area contributed by atoms with Crippen LogP contribution >= 0.6 is 0 Å². The van der Waals surface area contributed by atoms with Crippen molar-refractivity contribution >= 4 is 38.6 Å². The summed E-state index contributed by atoms with van der Waals surface area (Å²) in [5.41, 5.74) is 20.0. The first-order chi connectivity index (χ1) is 30.0. The van der Waals surface area contributed by atoms with Crippen LogP contribution in [0, 0.1) is 11.8 Å². The van der Waals surface area contributed by atoms with Crippen molar-refractivity contribution in [2.24, 2.45) is 11.8 Å². The third-order valence-corrected chi connectivity index (χ3v) is 15.5. The topological polar surface area (TPSA) is 3.24 Å². The lowest BCUT2D eigenvalue weighted by atomic mass is 9.67. The first-order valence-corrected chi connectivity index (χ1v) is 22.4. The van der Waals surface area contributed by atoms with Crippen molar-refractivity contribution in [3.8, 4) is 44.5 Å². The van der Waals surface area contributed by atoms with Crippen molar-refractivity contribution in [1.29, 1.82) is 0 Å². The van der Waals surface area contributed by atoms with Gasteiger partial charge in [-0.25, -0.2) is 0 Å². The molecule has 4 aliphatic carbocycles. The number of nitrogens with zero attached hydrogens (tertiary/aromatic N) is 1. The molecule has 0 aliphatic heterocycles. The Bertz CT molecular complexity index is 3260. The van der Waals surface area contributed by atoms with E-state index in [4.69, 9.17) is 0 Å². The molecule has 4 aliphatic rings. The normalized spacial score (nSPS) is 19.9. The fraction of sp³-hybridized carbons (Fsp3) is 0.167. The van der Waals surface area contributed by atoms with Crippen molar-refractivity contribution < 1.29 is 0 Å².